The Hall–Kier alpha value is -2.34. The molecule has 1 aliphatic heterocycles. The van der Waals surface area contributed by atoms with E-state index >= 15 is 0 Å². The second-order valence-electron chi connectivity index (χ2n) is 7.93. The summed E-state index contributed by atoms with van der Waals surface area (Å²) >= 11 is 0. The van der Waals surface area contributed by atoms with Crippen molar-refractivity contribution in [3.63, 3.8) is 0 Å². The summed E-state index contributed by atoms with van der Waals surface area (Å²) in [4.78, 5) is 6.96. The third kappa shape index (κ3) is 4.93. The first-order chi connectivity index (χ1) is 13.5. The molecular weight excluding hydrogens is 350 g/mol. The van der Waals surface area contributed by atoms with E-state index in [1.807, 2.05) is 20.9 Å². The molecule has 6 nitrogen and oxygen atoms in total. The maximum Gasteiger partial charge on any atom is 0.191 e. The highest BCUT2D eigenvalue weighted by Crippen LogP contribution is 2.23. The Labute approximate surface area is 168 Å². The zero-order valence-corrected chi connectivity index (χ0v) is 17.7. The van der Waals surface area contributed by atoms with Crippen LogP contribution in [0.15, 0.2) is 39.8 Å². The Bertz CT molecular complexity index is 766. The van der Waals surface area contributed by atoms with Crippen molar-refractivity contribution in [1.29, 1.82) is 0 Å². The van der Waals surface area contributed by atoms with Gasteiger partial charge < -0.3 is 15.2 Å². The van der Waals surface area contributed by atoms with Crippen LogP contribution in [0.3, 0.4) is 0 Å². The van der Waals surface area contributed by atoms with Crippen LogP contribution in [0, 0.1) is 13.8 Å². The van der Waals surface area contributed by atoms with Crippen LogP contribution in [0.5, 0.6) is 0 Å². The van der Waals surface area contributed by atoms with E-state index in [-0.39, 0.29) is 0 Å². The highest BCUT2D eigenvalue weighted by molar-refractivity contribution is 5.80. The van der Waals surface area contributed by atoms with Crippen LogP contribution in [-0.2, 0) is 6.54 Å². The minimum absolute atomic E-state index is 0.307. The molecule has 0 bridgehead atoms. The number of likely N-dealkylation sites (tertiary alicyclic amines) is 1. The monoisotopic (exact) mass is 383 g/mol. The van der Waals surface area contributed by atoms with Gasteiger partial charge in [-0.2, -0.15) is 0 Å². The van der Waals surface area contributed by atoms with Gasteiger partial charge in [0, 0.05) is 50.2 Å². The highest BCUT2D eigenvalue weighted by Gasteiger charge is 2.29. The van der Waals surface area contributed by atoms with Crippen LogP contribution in [0.2, 0.25) is 0 Å². The zero-order valence-electron chi connectivity index (χ0n) is 17.7. The summed E-state index contributed by atoms with van der Waals surface area (Å²) in [5.74, 6) is 2.06. The molecule has 2 N–H and O–H groups in total. The minimum atomic E-state index is 0.307. The summed E-state index contributed by atoms with van der Waals surface area (Å²) in [5.41, 5.74) is 3.52. The molecule has 0 radical (unpaired) electrons. The van der Waals surface area contributed by atoms with Crippen LogP contribution >= 0.6 is 0 Å². The normalized spacial score (nSPS) is 21.7. The molecule has 0 spiro atoms. The number of aryl methyl sites for hydroxylation is 2. The predicted molar refractivity (Wildman–Crippen MR) is 114 cm³/mol. The van der Waals surface area contributed by atoms with Crippen molar-refractivity contribution in [2.45, 2.75) is 58.7 Å². The summed E-state index contributed by atoms with van der Waals surface area (Å²) in [6.45, 7) is 11.3. The molecule has 1 aromatic carbocycles. The lowest BCUT2D eigenvalue weighted by atomic mass is 10.00. The molecule has 0 saturated carbocycles. The van der Waals surface area contributed by atoms with Gasteiger partial charge in [-0.3, -0.25) is 9.89 Å². The maximum absolute atomic E-state index is 5.30. The van der Waals surface area contributed by atoms with E-state index in [0.717, 1.165) is 43.5 Å². The van der Waals surface area contributed by atoms with Gasteiger partial charge in [0.05, 0.1) is 5.69 Å². The molecule has 3 atom stereocenters. The van der Waals surface area contributed by atoms with Crippen molar-refractivity contribution in [2.24, 2.45) is 4.99 Å². The smallest absolute Gasteiger partial charge is 0.191 e. The lowest BCUT2D eigenvalue weighted by Gasteiger charge is -2.21. The van der Waals surface area contributed by atoms with E-state index in [2.05, 4.69) is 69.9 Å². The number of guanidine groups is 1. The van der Waals surface area contributed by atoms with Gasteiger partial charge in [-0.1, -0.05) is 42.4 Å². The number of hydrogen-bond donors (Lipinski definition) is 2. The van der Waals surface area contributed by atoms with Gasteiger partial charge in [-0.15, -0.1) is 0 Å². The average Bonchev–Trinajstić information content (AvgIpc) is 3.20. The molecule has 3 unspecified atom stereocenters. The Morgan fingerprint density at radius 1 is 1.32 bits per heavy atom. The molecule has 3 rings (SSSR count). The summed E-state index contributed by atoms with van der Waals surface area (Å²) in [6, 6.07) is 11.6. The van der Waals surface area contributed by atoms with Crippen molar-refractivity contribution in [3.05, 3.63) is 52.9 Å². The van der Waals surface area contributed by atoms with Gasteiger partial charge in [0.2, 0.25) is 0 Å². The molecule has 6 heteroatoms. The Kier molecular flexibility index (Phi) is 6.73. The first-order valence-corrected chi connectivity index (χ1v) is 10.2. The van der Waals surface area contributed by atoms with Gasteiger partial charge in [-0.05, 0) is 32.8 Å². The van der Waals surface area contributed by atoms with Crippen LogP contribution in [0.4, 0.5) is 0 Å². The molecule has 0 aliphatic carbocycles. The molecular formula is C22H33N5O. The second-order valence-corrected chi connectivity index (χ2v) is 7.93. The Morgan fingerprint density at radius 2 is 2.07 bits per heavy atom. The number of nitrogens with one attached hydrogen (secondary N) is 2. The van der Waals surface area contributed by atoms with Crippen molar-refractivity contribution in [2.75, 3.05) is 20.1 Å². The standard InChI is InChI=1S/C22H33N5O/c1-15(21-17(3)26-28-18(21)4)12-24-22(23-5)25-20-11-16(2)27(14-20)13-19-9-7-6-8-10-19/h6-10,15-16,20H,11-14H2,1-5H3,(H2,23,24,25). The fourth-order valence-corrected chi connectivity index (χ4v) is 4.17. The number of aliphatic imine (C=N–C) groups is 1. The maximum atomic E-state index is 5.30. The largest absolute Gasteiger partial charge is 0.361 e. The summed E-state index contributed by atoms with van der Waals surface area (Å²) in [6.07, 6.45) is 1.12. The van der Waals surface area contributed by atoms with Crippen LogP contribution in [0.25, 0.3) is 0 Å². The van der Waals surface area contributed by atoms with Crippen molar-refractivity contribution >= 4 is 5.96 Å². The fraction of sp³-hybridized carbons (Fsp3) is 0.545. The number of benzene rings is 1. The lowest BCUT2D eigenvalue weighted by Crippen LogP contribution is -2.45. The first kappa shape index (κ1) is 20.4. The van der Waals surface area contributed by atoms with Crippen molar-refractivity contribution in [3.8, 4) is 0 Å². The SMILES string of the molecule is CN=C(NCC(C)c1c(C)noc1C)NC1CC(C)N(Cc2ccccc2)C1. The molecule has 1 aliphatic rings. The van der Waals surface area contributed by atoms with E-state index < -0.39 is 0 Å². The molecule has 1 saturated heterocycles. The van der Waals surface area contributed by atoms with Crippen LogP contribution in [0.1, 0.15) is 48.8 Å². The number of nitrogens with zero attached hydrogens (tertiary/aromatic N) is 3. The highest BCUT2D eigenvalue weighted by atomic mass is 16.5. The summed E-state index contributed by atoms with van der Waals surface area (Å²) in [5, 5.41) is 11.1. The minimum Gasteiger partial charge on any atom is -0.361 e. The van der Waals surface area contributed by atoms with Crippen molar-refractivity contribution in [1.82, 2.24) is 20.7 Å². The topological polar surface area (TPSA) is 65.7 Å². The number of aromatic nitrogens is 1. The molecule has 2 heterocycles. The fourth-order valence-electron chi connectivity index (χ4n) is 4.17. The Balaban J connectivity index is 1.51. The third-order valence-electron chi connectivity index (χ3n) is 5.65. The summed E-state index contributed by atoms with van der Waals surface area (Å²) in [7, 11) is 1.83. The van der Waals surface area contributed by atoms with E-state index in [9.17, 15) is 0 Å². The van der Waals surface area contributed by atoms with Gasteiger partial charge in [0.15, 0.2) is 5.96 Å². The van der Waals surface area contributed by atoms with E-state index in [0.29, 0.717) is 18.0 Å². The van der Waals surface area contributed by atoms with E-state index in [4.69, 9.17) is 4.52 Å². The molecule has 0 amide bonds. The predicted octanol–water partition coefficient (Wildman–Crippen LogP) is 3.22. The van der Waals surface area contributed by atoms with E-state index in [1.54, 1.807) is 0 Å². The molecule has 1 aromatic heterocycles. The van der Waals surface area contributed by atoms with Gasteiger partial charge in [0.1, 0.15) is 5.76 Å². The number of rotatable bonds is 6. The second kappa shape index (κ2) is 9.24. The quantitative estimate of drug-likeness (QED) is 0.592. The average molecular weight is 384 g/mol. The molecule has 2 aromatic rings. The Morgan fingerprint density at radius 3 is 2.71 bits per heavy atom. The van der Waals surface area contributed by atoms with Gasteiger partial charge in [0.25, 0.3) is 0 Å². The number of hydrogen-bond acceptors (Lipinski definition) is 4. The van der Waals surface area contributed by atoms with E-state index in [1.165, 1.54) is 11.1 Å². The third-order valence-corrected chi connectivity index (χ3v) is 5.65. The van der Waals surface area contributed by atoms with Crippen LogP contribution < -0.4 is 10.6 Å². The summed E-state index contributed by atoms with van der Waals surface area (Å²) < 4.78 is 5.30. The van der Waals surface area contributed by atoms with Crippen LogP contribution in [-0.4, -0.2) is 48.2 Å². The lowest BCUT2D eigenvalue weighted by molar-refractivity contribution is 0.258. The zero-order chi connectivity index (χ0) is 20.1. The first-order valence-electron chi connectivity index (χ1n) is 10.2. The molecule has 28 heavy (non-hydrogen) atoms. The van der Waals surface area contributed by atoms with Gasteiger partial charge >= 0.3 is 0 Å². The van der Waals surface area contributed by atoms with Crippen molar-refractivity contribution < 1.29 is 4.52 Å². The molecule has 1 fully saturated rings. The van der Waals surface area contributed by atoms with Gasteiger partial charge in [-0.25, -0.2) is 0 Å². The molecule has 152 valence electrons.